The maximum absolute atomic E-state index is 13.6. The maximum atomic E-state index is 13.6. The Kier molecular flexibility index (Phi) is 3.92. The highest BCUT2D eigenvalue weighted by Crippen LogP contribution is 2.36. The fraction of sp³-hybridized carbons (Fsp3) is 0.368. The van der Waals surface area contributed by atoms with Crippen LogP contribution in [0.25, 0.3) is 0 Å². The van der Waals surface area contributed by atoms with Crippen LogP contribution < -0.4 is 0 Å². The van der Waals surface area contributed by atoms with Crippen molar-refractivity contribution in [3.63, 3.8) is 0 Å². The second kappa shape index (κ2) is 6.20. The van der Waals surface area contributed by atoms with E-state index in [1.165, 1.54) is 16.8 Å². The van der Waals surface area contributed by atoms with E-state index >= 15 is 0 Å². The highest BCUT2D eigenvalue weighted by Gasteiger charge is 2.30. The SMILES string of the molecule is FC1=CC=C2N=C3CCN(CCCc4cccnc4)CC3=C2C1. The summed E-state index contributed by atoms with van der Waals surface area (Å²) in [6.07, 6.45) is 10.7. The number of halogens is 1. The topological polar surface area (TPSA) is 28.5 Å². The number of fused-ring (bicyclic) bond motifs is 2. The van der Waals surface area contributed by atoms with E-state index in [1.54, 1.807) is 6.08 Å². The van der Waals surface area contributed by atoms with Crippen LogP contribution in [0.3, 0.4) is 0 Å². The Morgan fingerprint density at radius 1 is 1.22 bits per heavy atom. The van der Waals surface area contributed by atoms with E-state index in [-0.39, 0.29) is 5.83 Å². The minimum Gasteiger partial charge on any atom is -0.299 e. The molecule has 1 saturated heterocycles. The molecule has 4 rings (SSSR count). The Morgan fingerprint density at radius 3 is 3.04 bits per heavy atom. The predicted molar refractivity (Wildman–Crippen MR) is 90.0 cm³/mol. The van der Waals surface area contributed by atoms with Crippen LogP contribution in [0.2, 0.25) is 0 Å². The molecule has 4 heteroatoms. The number of hydrogen-bond acceptors (Lipinski definition) is 3. The zero-order chi connectivity index (χ0) is 15.6. The van der Waals surface area contributed by atoms with Gasteiger partial charge in [0.1, 0.15) is 5.83 Å². The van der Waals surface area contributed by atoms with Gasteiger partial charge in [-0.15, -0.1) is 0 Å². The van der Waals surface area contributed by atoms with Crippen LogP contribution >= 0.6 is 0 Å². The molecule has 0 N–H and O–H groups in total. The van der Waals surface area contributed by atoms with Crippen LogP contribution in [0.5, 0.6) is 0 Å². The molecule has 118 valence electrons. The smallest absolute Gasteiger partial charge is 0.104 e. The van der Waals surface area contributed by atoms with Gasteiger partial charge in [-0.05, 0) is 54.3 Å². The average molecular weight is 309 g/mol. The van der Waals surface area contributed by atoms with Gasteiger partial charge in [-0.3, -0.25) is 14.9 Å². The number of aryl methyl sites for hydroxylation is 1. The predicted octanol–water partition coefficient (Wildman–Crippen LogP) is 3.61. The Morgan fingerprint density at radius 2 is 2.17 bits per heavy atom. The Labute approximate surface area is 135 Å². The normalized spacial score (nSPS) is 20.7. The lowest BCUT2D eigenvalue weighted by Gasteiger charge is -2.29. The molecular weight excluding hydrogens is 289 g/mol. The second-order valence-electron chi connectivity index (χ2n) is 6.35. The Balaban J connectivity index is 1.38. The summed E-state index contributed by atoms with van der Waals surface area (Å²) in [5.74, 6) is -0.0543. The molecule has 0 spiro atoms. The third-order valence-electron chi connectivity index (χ3n) is 4.75. The molecular formula is C19H20FN3. The first kappa shape index (κ1) is 14.5. The Bertz CT molecular complexity index is 728. The largest absolute Gasteiger partial charge is 0.299 e. The van der Waals surface area contributed by atoms with E-state index in [1.807, 2.05) is 24.5 Å². The first-order valence-electron chi connectivity index (χ1n) is 8.27. The van der Waals surface area contributed by atoms with E-state index in [2.05, 4.69) is 20.9 Å². The van der Waals surface area contributed by atoms with Crippen LogP contribution in [0, 0.1) is 0 Å². The van der Waals surface area contributed by atoms with Crippen LogP contribution in [-0.2, 0) is 6.42 Å². The van der Waals surface area contributed by atoms with E-state index < -0.39 is 0 Å². The van der Waals surface area contributed by atoms with Crippen molar-refractivity contribution in [2.24, 2.45) is 4.99 Å². The molecule has 0 amide bonds. The molecule has 0 saturated carbocycles. The van der Waals surface area contributed by atoms with E-state index in [4.69, 9.17) is 0 Å². The molecule has 0 bridgehead atoms. The van der Waals surface area contributed by atoms with Gasteiger partial charge in [0.15, 0.2) is 0 Å². The molecule has 0 unspecified atom stereocenters. The van der Waals surface area contributed by atoms with Crippen LogP contribution in [0.1, 0.15) is 24.8 Å². The molecule has 23 heavy (non-hydrogen) atoms. The Hall–Kier alpha value is -2.07. The van der Waals surface area contributed by atoms with Crippen molar-refractivity contribution in [2.75, 3.05) is 19.6 Å². The number of pyridine rings is 1. The monoisotopic (exact) mass is 309 g/mol. The lowest BCUT2D eigenvalue weighted by atomic mass is 9.94. The molecule has 1 aliphatic carbocycles. The van der Waals surface area contributed by atoms with Gasteiger partial charge < -0.3 is 0 Å². The number of piperidine rings is 1. The van der Waals surface area contributed by atoms with Crippen LogP contribution in [0.15, 0.2) is 64.3 Å². The van der Waals surface area contributed by atoms with Crippen molar-refractivity contribution in [1.29, 1.82) is 0 Å². The van der Waals surface area contributed by atoms with E-state index in [0.717, 1.165) is 50.2 Å². The lowest BCUT2D eigenvalue weighted by Crippen LogP contribution is -2.36. The summed E-state index contributed by atoms with van der Waals surface area (Å²) >= 11 is 0. The van der Waals surface area contributed by atoms with Gasteiger partial charge in [0.2, 0.25) is 0 Å². The first-order chi connectivity index (χ1) is 11.3. The molecule has 3 aliphatic rings. The fourth-order valence-electron chi connectivity index (χ4n) is 3.55. The van der Waals surface area contributed by atoms with Crippen molar-refractivity contribution >= 4 is 5.71 Å². The van der Waals surface area contributed by atoms with Gasteiger partial charge in [0.25, 0.3) is 0 Å². The van der Waals surface area contributed by atoms with Gasteiger partial charge in [-0.25, -0.2) is 4.39 Å². The zero-order valence-corrected chi connectivity index (χ0v) is 13.1. The van der Waals surface area contributed by atoms with E-state index in [9.17, 15) is 4.39 Å². The summed E-state index contributed by atoms with van der Waals surface area (Å²) in [4.78, 5) is 11.3. The van der Waals surface area contributed by atoms with Crippen LogP contribution in [0.4, 0.5) is 4.39 Å². The molecule has 0 atom stereocenters. The number of rotatable bonds is 4. The zero-order valence-electron chi connectivity index (χ0n) is 13.1. The second-order valence-corrected chi connectivity index (χ2v) is 6.35. The summed E-state index contributed by atoms with van der Waals surface area (Å²) in [6, 6.07) is 4.12. The number of likely N-dealkylation sites (tertiary alicyclic amines) is 1. The minimum absolute atomic E-state index is 0.0543. The molecule has 3 nitrogen and oxygen atoms in total. The molecule has 1 fully saturated rings. The molecule has 3 heterocycles. The minimum atomic E-state index is -0.0543. The fourth-order valence-corrected chi connectivity index (χ4v) is 3.55. The number of nitrogens with zero attached hydrogens (tertiary/aromatic N) is 3. The molecule has 1 aromatic heterocycles. The third kappa shape index (κ3) is 3.04. The number of hydrogen-bond donors (Lipinski definition) is 0. The van der Waals surface area contributed by atoms with Crippen molar-refractivity contribution in [2.45, 2.75) is 25.7 Å². The molecule has 2 aliphatic heterocycles. The lowest BCUT2D eigenvalue weighted by molar-refractivity contribution is 0.294. The molecule has 0 radical (unpaired) electrons. The van der Waals surface area contributed by atoms with Gasteiger partial charge in [-0.2, -0.15) is 0 Å². The first-order valence-corrected chi connectivity index (χ1v) is 8.27. The van der Waals surface area contributed by atoms with E-state index in [0.29, 0.717) is 6.42 Å². The summed E-state index contributed by atoms with van der Waals surface area (Å²) in [7, 11) is 0. The van der Waals surface area contributed by atoms with Gasteiger partial charge in [-0.1, -0.05) is 6.07 Å². The van der Waals surface area contributed by atoms with Gasteiger partial charge >= 0.3 is 0 Å². The van der Waals surface area contributed by atoms with Crippen molar-refractivity contribution in [3.05, 3.63) is 64.9 Å². The van der Waals surface area contributed by atoms with Crippen molar-refractivity contribution in [1.82, 2.24) is 9.88 Å². The quantitative estimate of drug-likeness (QED) is 0.850. The standard InChI is InChI=1S/C19H20FN3/c20-15-5-6-18-16(11-15)17-13-23(10-7-19(17)22-18)9-2-4-14-3-1-8-21-12-14/h1,3,5-6,8,12H,2,4,7,9-11,13H2. The summed E-state index contributed by atoms with van der Waals surface area (Å²) in [6.45, 7) is 3.02. The summed E-state index contributed by atoms with van der Waals surface area (Å²) < 4.78 is 13.6. The highest BCUT2D eigenvalue weighted by atomic mass is 19.1. The number of allylic oxidation sites excluding steroid dienone is 4. The molecule has 0 aromatic carbocycles. The van der Waals surface area contributed by atoms with Gasteiger partial charge in [0.05, 0.1) is 5.70 Å². The summed E-state index contributed by atoms with van der Waals surface area (Å²) in [5.41, 5.74) is 5.83. The molecule has 1 aromatic rings. The van der Waals surface area contributed by atoms with Crippen molar-refractivity contribution in [3.8, 4) is 0 Å². The maximum Gasteiger partial charge on any atom is 0.104 e. The van der Waals surface area contributed by atoms with Gasteiger partial charge in [0, 0.05) is 44.0 Å². The third-order valence-corrected chi connectivity index (χ3v) is 4.75. The highest BCUT2D eigenvalue weighted by molar-refractivity contribution is 6.06. The number of aromatic nitrogens is 1. The summed E-state index contributed by atoms with van der Waals surface area (Å²) in [5, 5.41) is 0. The van der Waals surface area contributed by atoms with Crippen LogP contribution in [-0.4, -0.2) is 35.2 Å². The average Bonchev–Trinajstić information content (AvgIpc) is 2.93. The van der Waals surface area contributed by atoms with Crippen molar-refractivity contribution < 1.29 is 4.39 Å². The number of aliphatic imine (C=N–C) groups is 1.